The molecule has 0 spiro atoms. The molecule has 3 aromatic carbocycles. The first kappa shape index (κ1) is 26.2. The molecule has 10 heteroatoms. The molecular weight excluding hydrogens is 526 g/mol. The summed E-state index contributed by atoms with van der Waals surface area (Å²) in [5, 5.41) is 9.55. The highest BCUT2D eigenvalue weighted by Crippen LogP contribution is 2.31. The predicted molar refractivity (Wildman–Crippen MR) is 146 cm³/mol. The van der Waals surface area contributed by atoms with Crippen LogP contribution in [0.1, 0.15) is 12.5 Å². The van der Waals surface area contributed by atoms with Crippen LogP contribution in [0.25, 0.3) is 27.7 Å². The Hall–Kier alpha value is -4.44. The van der Waals surface area contributed by atoms with Gasteiger partial charge in [-0.05, 0) is 72.7 Å². The van der Waals surface area contributed by atoms with Gasteiger partial charge in [-0.1, -0.05) is 12.1 Å². The van der Waals surface area contributed by atoms with Crippen LogP contribution in [0.15, 0.2) is 76.4 Å². The van der Waals surface area contributed by atoms with Crippen LogP contribution in [0.5, 0.6) is 11.5 Å². The summed E-state index contributed by atoms with van der Waals surface area (Å²) < 4.78 is 40.9. The zero-order chi connectivity index (χ0) is 27.7. The normalized spacial score (nSPS) is 14.5. The molecule has 1 aliphatic heterocycles. The van der Waals surface area contributed by atoms with Crippen LogP contribution in [0.3, 0.4) is 0 Å². The number of nitrogens with one attached hydrogen (secondary N) is 1. The van der Waals surface area contributed by atoms with Gasteiger partial charge in [0.2, 0.25) is 5.43 Å². The molecule has 0 bridgehead atoms. The molecular formula is C29H23F2N2O5S+. The Bertz CT molecular complexity index is 1710. The van der Waals surface area contributed by atoms with E-state index in [-0.39, 0.29) is 35.5 Å². The van der Waals surface area contributed by atoms with Crippen LogP contribution in [0.2, 0.25) is 0 Å². The van der Waals surface area contributed by atoms with Crippen LogP contribution in [0.4, 0.5) is 8.78 Å². The van der Waals surface area contributed by atoms with Gasteiger partial charge in [-0.25, -0.2) is 13.6 Å². The zero-order valence-corrected chi connectivity index (χ0v) is 21.8. The minimum Gasteiger partial charge on any atom is -0.490 e. The van der Waals surface area contributed by atoms with Crippen molar-refractivity contribution in [2.45, 2.75) is 6.92 Å². The summed E-state index contributed by atoms with van der Waals surface area (Å²) in [5.74, 6) is -0.752. The molecule has 0 radical (unpaired) electrons. The summed E-state index contributed by atoms with van der Waals surface area (Å²) in [6.07, 6.45) is 0. The number of carbonyl (C=O) groups is 1. The monoisotopic (exact) mass is 549 g/mol. The summed E-state index contributed by atoms with van der Waals surface area (Å²) in [6, 6.07) is 16.7. The Morgan fingerprint density at radius 2 is 1.62 bits per heavy atom. The number of nitrogens with zero attached hydrogens (tertiary/aromatic N) is 1. The van der Waals surface area contributed by atoms with Gasteiger partial charge in [0, 0.05) is 24.4 Å². The number of pyridine rings is 1. The van der Waals surface area contributed by atoms with Gasteiger partial charge < -0.3 is 19.1 Å². The summed E-state index contributed by atoms with van der Waals surface area (Å²) in [6.45, 7) is 1.91. The molecule has 2 heterocycles. The van der Waals surface area contributed by atoms with Crippen molar-refractivity contribution in [3.8, 4) is 22.8 Å². The third-order valence-corrected chi connectivity index (χ3v) is 7.28. The molecule has 0 fully saturated rings. The molecule has 0 saturated heterocycles. The topological polar surface area (TPSA) is 91.7 Å². The first-order valence-corrected chi connectivity index (χ1v) is 12.7. The van der Waals surface area contributed by atoms with Gasteiger partial charge in [0.25, 0.3) is 0 Å². The number of aliphatic hydroxyl groups is 1. The Kier molecular flexibility index (Phi) is 7.21. The number of aryl methyl sites for hydroxylation is 1. The average Bonchev–Trinajstić information content (AvgIpc) is 3.27. The van der Waals surface area contributed by atoms with Gasteiger partial charge in [-0.2, -0.15) is 0 Å². The molecule has 39 heavy (non-hydrogen) atoms. The van der Waals surface area contributed by atoms with Crippen molar-refractivity contribution in [1.82, 2.24) is 4.57 Å². The number of hydrogen-bond donors (Lipinski definition) is 2. The molecule has 4 aromatic rings. The van der Waals surface area contributed by atoms with E-state index in [9.17, 15) is 23.5 Å². The molecule has 1 aliphatic rings. The van der Waals surface area contributed by atoms with Crippen molar-refractivity contribution < 1.29 is 33.1 Å². The Morgan fingerprint density at radius 3 is 2.28 bits per heavy atom. The fourth-order valence-electron chi connectivity index (χ4n) is 4.36. The van der Waals surface area contributed by atoms with E-state index >= 15 is 0 Å². The van der Waals surface area contributed by atoms with Gasteiger partial charge in [0.15, 0.2) is 5.75 Å². The van der Waals surface area contributed by atoms with E-state index in [1.54, 1.807) is 54.9 Å². The minimum atomic E-state index is -0.542. The van der Waals surface area contributed by atoms with Crippen molar-refractivity contribution >= 4 is 39.4 Å². The second-order valence-corrected chi connectivity index (χ2v) is 9.77. The predicted octanol–water partition coefficient (Wildman–Crippen LogP) is 3.94. The SMILES string of the molecule is C/C(=C1\SC(O)=[NH+]C1=O)c1ccc(OCCOc2c(-c3ccc(F)cc3)n(C)c3ccc(F)cc3c2=O)cc1. The quantitative estimate of drug-likeness (QED) is 0.268. The number of amides is 1. The number of carbonyl (C=O) groups excluding carboxylic acids is 1. The van der Waals surface area contributed by atoms with Crippen LogP contribution >= 0.6 is 11.8 Å². The van der Waals surface area contributed by atoms with Gasteiger partial charge in [-0.15, -0.1) is 4.99 Å². The molecule has 1 amide bonds. The van der Waals surface area contributed by atoms with E-state index < -0.39 is 17.1 Å². The third-order valence-electron chi connectivity index (χ3n) is 6.29. The minimum absolute atomic E-state index is 0.0100. The van der Waals surface area contributed by atoms with Gasteiger partial charge >= 0.3 is 11.1 Å². The maximum Gasteiger partial charge on any atom is 0.428 e. The van der Waals surface area contributed by atoms with E-state index in [0.717, 1.165) is 17.3 Å². The largest absolute Gasteiger partial charge is 0.490 e. The summed E-state index contributed by atoms with van der Waals surface area (Å²) >= 11 is 0.976. The number of aromatic nitrogens is 1. The highest BCUT2D eigenvalue weighted by molar-refractivity contribution is 8.17. The molecule has 0 aliphatic carbocycles. The van der Waals surface area contributed by atoms with Crippen LogP contribution in [-0.4, -0.2) is 34.0 Å². The van der Waals surface area contributed by atoms with E-state index in [4.69, 9.17) is 9.47 Å². The van der Waals surface area contributed by atoms with Gasteiger partial charge in [-0.3, -0.25) is 4.79 Å². The molecule has 2 N–H and O–H groups in total. The Balaban J connectivity index is 1.35. The summed E-state index contributed by atoms with van der Waals surface area (Å²) in [4.78, 5) is 28.1. The van der Waals surface area contributed by atoms with Crippen molar-refractivity contribution in [1.29, 1.82) is 0 Å². The number of halogens is 2. The van der Waals surface area contributed by atoms with Crippen molar-refractivity contribution in [2.75, 3.05) is 13.2 Å². The smallest absolute Gasteiger partial charge is 0.428 e. The van der Waals surface area contributed by atoms with E-state index in [2.05, 4.69) is 4.99 Å². The van der Waals surface area contributed by atoms with Crippen LogP contribution in [0, 0.1) is 11.6 Å². The van der Waals surface area contributed by atoms with Crippen molar-refractivity contribution in [3.63, 3.8) is 0 Å². The lowest BCUT2D eigenvalue weighted by Gasteiger charge is -2.18. The second-order valence-electron chi connectivity index (χ2n) is 8.77. The van der Waals surface area contributed by atoms with E-state index in [0.29, 0.717) is 33.0 Å². The maximum absolute atomic E-state index is 14.0. The highest BCUT2D eigenvalue weighted by atomic mass is 32.2. The fraction of sp³-hybridized carbons (Fsp3) is 0.138. The van der Waals surface area contributed by atoms with Gasteiger partial charge in [0.1, 0.15) is 35.5 Å². The Morgan fingerprint density at radius 1 is 0.949 bits per heavy atom. The van der Waals surface area contributed by atoms with Crippen LogP contribution < -0.4 is 19.9 Å². The van der Waals surface area contributed by atoms with E-state index in [1.165, 1.54) is 30.3 Å². The molecule has 7 nitrogen and oxygen atoms in total. The number of hydrogen-bond acceptors (Lipinski definition) is 5. The zero-order valence-electron chi connectivity index (χ0n) is 21.0. The summed E-state index contributed by atoms with van der Waals surface area (Å²) in [5.41, 5.74) is 2.54. The molecule has 0 atom stereocenters. The third kappa shape index (κ3) is 5.28. The first-order valence-electron chi connectivity index (χ1n) is 11.9. The molecule has 0 unspecified atom stereocenters. The molecule has 5 rings (SSSR count). The number of ether oxygens (including phenoxy) is 2. The molecule has 0 saturated carbocycles. The van der Waals surface area contributed by atoms with Crippen LogP contribution in [-0.2, 0) is 11.8 Å². The lowest BCUT2D eigenvalue weighted by Crippen LogP contribution is -2.73. The number of aliphatic hydroxyl groups excluding tert-OH is 1. The number of rotatable bonds is 7. The average molecular weight is 550 g/mol. The van der Waals surface area contributed by atoms with Gasteiger partial charge in [0.05, 0.1) is 16.6 Å². The molecule has 1 aromatic heterocycles. The standard InChI is InChI=1S/C29H22F2N2O5S/c1-16(27-28(35)32-29(36)39-27)17-5-10-21(11-6-17)37-13-14-38-26-24(18-3-7-19(30)8-4-18)33(2)23-12-9-20(31)15-22(23)25(26)34/h3-12,15H,13-14H2,1-2H3,(H,32,35,36)/p+1/b27-16+. The van der Waals surface area contributed by atoms with Crippen molar-refractivity contribution in [2.24, 2.45) is 7.05 Å². The van der Waals surface area contributed by atoms with Crippen molar-refractivity contribution in [3.05, 3.63) is 99.1 Å². The number of allylic oxidation sites excluding steroid dienone is 1. The number of benzene rings is 3. The lowest BCUT2D eigenvalue weighted by molar-refractivity contribution is -0.374. The number of thioether (sulfide) groups is 1. The van der Waals surface area contributed by atoms with E-state index in [1.807, 2.05) is 0 Å². The fourth-order valence-corrected chi connectivity index (χ4v) is 5.11. The Labute approximate surface area is 226 Å². The lowest BCUT2D eigenvalue weighted by atomic mass is 10.1. The highest BCUT2D eigenvalue weighted by Gasteiger charge is 2.31. The maximum atomic E-state index is 14.0. The number of fused-ring (bicyclic) bond motifs is 1. The summed E-state index contributed by atoms with van der Waals surface area (Å²) in [7, 11) is 1.73. The molecule has 198 valence electrons. The second kappa shape index (κ2) is 10.7. The first-order chi connectivity index (χ1) is 18.7.